The number of benzene rings is 1. The summed E-state index contributed by atoms with van der Waals surface area (Å²) in [5.74, 6) is -1.58. The standard InChI is InChI=1S/C12H11N3O4/c16-10(13-6-11(17)18)5-9-7-3-1-2-4-8(7)12(19)15-14-9/h1-4H,5-6H2,(H,13,16)(H,15,19)(H,17,18). The number of H-pyrrole nitrogens is 1. The number of amides is 1. The number of nitrogens with zero attached hydrogens (tertiary/aromatic N) is 1. The molecular weight excluding hydrogens is 250 g/mol. The summed E-state index contributed by atoms with van der Waals surface area (Å²) >= 11 is 0. The van der Waals surface area contributed by atoms with E-state index in [0.29, 0.717) is 16.5 Å². The van der Waals surface area contributed by atoms with Gasteiger partial charge in [-0.25, -0.2) is 5.10 Å². The van der Waals surface area contributed by atoms with Crippen molar-refractivity contribution in [1.82, 2.24) is 15.5 Å². The third-order valence-electron chi connectivity index (χ3n) is 2.54. The van der Waals surface area contributed by atoms with Crippen molar-refractivity contribution in [2.75, 3.05) is 6.54 Å². The Morgan fingerprint density at radius 3 is 2.63 bits per heavy atom. The number of carboxylic acid groups (broad SMARTS) is 1. The summed E-state index contributed by atoms with van der Waals surface area (Å²) in [6.45, 7) is -0.444. The lowest BCUT2D eigenvalue weighted by molar-refractivity contribution is -0.137. The number of nitrogens with one attached hydrogen (secondary N) is 2. The molecule has 0 atom stereocenters. The van der Waals surface area contributed by atoms with Gasteiger partial charge in [0, 0.05) is 5.39 Å². The van der Waals surface area contributed by atoms with Crippen LogP contribution in [0.2, 0.25) is 0 Å². The summed E-state index contributed by atoms with van der Waals surface area (Å²) in [7, 11) is 0. The van der Waals surface area contributed by atoms with Crippen LogP contribution in [-0.2, 0) is 16.0 Å². The van der Waals surface area contributed by atoms with Gasteiger partial charge in [-0.1, -0.05) is 18.2 Å². The van der Waals surface area contributed by atoms with Crippen molar-refractivity contribution < 1.29 is 14.7 Å². The quantitative estimate of drug-likeness (QED) is 0.697. The first kappa shape index (κ1) is 12.7. The Labute approximate surface area is 107 Å². The number of aromatic amines is 1. The van der Waals surface area contributed by atoms with Crippen LogP contribution in [-0.4, -0.2) is 33.7 Å². The second-order valence-electron chi connectivity index (χ2n) is 3.89. The van der Waals surface area contributed by atoms with E-state index in [-0.39, 0.29) is 12.0 Å². The number of carboxylic acids is 1. The molecule has 0 saturated carbocycles. The minimum absolute atomic E-state index is 0.0927. The van der Waals surface area contributed by atoms with Crippen molar-refractivity contribution in [1.29, 1.82) is 0 Å². The van der Waals surface area contributed by atoms with Crippen molar-refractivity contribution in [3.63, 3.8) is 0 Å². The molecular formula is C12H11N3O4. The number of aromatic nitrogens is 2. The number of carbonyl (C=O) groups excluding carboxylic acids is 1. The molecule has 0 saturated heterocycles. The van der Waals surface area contributed by atoms with Gasteiger partial charge in [0.05, 0.1) is 17.5 Å². The van der Waals surface area contributed by atoms with Crippen LogP contribution in [0.4, 0.5) is 0 Å². The van der Waals surface area contributed by atoms with Crippen LogP contribution in [0.5, 0.6) is 0 Å². The molecule has 1 aromatic carbocycles. The maximum Gasteiger partial charge on any atom is 0.322 e. The van der Waals surface area contributed by atoms with Crippen LogP contribution in [0.3, 0.4) is 0 Å². The van der Waals surface area contributed by atoms with Gasteiger partial charge >= 0.3 is 5.97 Å². The molecule has 0 spiro atoms. The molecule has 0 aliphatic rings. The van der Waals surface area contributed by atoms with Crippen LogP contribution in [0.25, 0.3) is 10.8 Å². The lowest BCUT2D eigenvalue weighted by atomic mass is 10.1. The largest absolute Gasteiger partial charge is 0.480 e. The molecule has 2 rings (SSSR count). The third-order valence-corrected chi connectivity index (χ3v) is 2.54. The van der Waals surface area contributed by atoms with E-state index in [2.05, 4.69) is 15.5 Å². The topological polar surface area (TPSA) is 112 Å². The molecule has 1 aromatic heterocycles. The number of aliphatic carboxylic acids is 1. The number of rotatable bonds is 4. The SMILES string of the molecule is O=C(O)CNC(=O)Cc1n[nH]c(=O)c2ccccc12. The van der Waals surface area contributed by atoms with Crippen LogP contribution in [0.15, 0.2) is 29.1 Å². The molecule has 1 amide bonds. The third kappa shape index (κ3) is 2.95. The second-order valence-corrected chi connectivity index (χ2v) is 3.89. The summed E-state index contributed by atoms with van der Waals surface area (Å²) in [6, 6.07) is 6.78. The van der Waals surface area contributed by atoms with E-state index in [9.17, 15) is 14.4 Å². The van der Waals surface area contributed by atoms with Gasteiger partial charge in [-0.15, -0.1) is 0 Å². The normalized spacial score (nSPS) is 10.3. The average Bonchev–Trinajstić information content (AvgIpc) is 2.40. The van der Waals surface area contributed by atoms with E-state index in [0.717, 1.165) is 0 Å². The van der Waals surface area contributed by atoms with Crippen LogP contribution >= 0.6 is 0 Å². The Balaban J connectivity index is 2.26. The molecule has 1 heterocycles. The zero-order valence-electron chi connectivity index (χ0n) is 9.84. The Kier molecular flexibility index (Phi) is 3.56. The minimum Gasteiger partial charge on any atom is -0.480 e. The zero-order chi connectivity index (χ0) is 13.8. The van der Waals surface area contributed by atoms with Gasteiger partial charge in [0.2, 0.25) is 5.91 Å². The summed E-state index contributed by atoms with van der Waals surface area (Å²) in [4.78, 5) is 33.4. The Hall–Kier alpha value is -2.70. The molecule has 3 N–H and O–H groups in total. The van der Waals surface area contributed by atoms with Crippen LogP contribution in [0, 0.1) is 0 Å². The van der Waals surface area contributed by atoms with E-state index in [1.165, 1.54) is 0 Å². The Bertz CT molecular complexity index is 693. The van der Waals surface area contributed by atoms with E-state index >= 15 is 0 Å². The van der Waals surface area contributed by atoms with Crippen molar-refractivity contribution in [2.45, 2.75) is 6.42 Å². The summed E-state index contributed by atoms with van der Waals surface area (Å²) in [5, 5.41) is 17.9. The fraction of sp³-hybridized carbons (Fsp3) is 0.167. The maximum absolute atomic E-state index is 11.5. The fourth-order valence-corrected chi connectivity index (χ4v) is 1.70. The average molecular weight is 261 g/mol. The molecule has 2 aromatic rings. The highest BCUT2D eigenvalue weighted by Gasteiger charge is 2.11. The predicted octanol–water partition coefficient (Wildman–Crippen LogP) is -0.334. The number of hydrogen-bond donors (Lipinski definition) is 3. The van der Waals surface area contributed by atoms with E-state index < -0.39 is 18.4 Å². The summed E-state index contributed by atoms with van der Waals surface area (Å²) in [5.41, 5.74) is 0.0726. The molecule has 0 aliphatic carbocycles. The summed E-state index contributed by atoms with van der Waals surface area (Å²) in [6.07, 6.45) is -0.0927. The molecule has 98 valence electrons. The van der Waals surface area contributed by atoms with Gasteiger partial charge in [0.25, 0.3) is 5.56 Å². The van der Waals surface area contributed by atoms with Crippen molar-refractivity contribution in [3.8, 4) is 0 Å². The first-order valence-corrected chi connectivity index (χ1v) is 5.52. The molecule has 7 nitrogen and oxygen atoms in total. The number of carbonyl (C=O) groups is 2. The van der Waals surface area contributed by atoms with E-state index in [1.807, 2.05) is 0 Å². The smallest absolute Gasteiger partial charge is 0.322 e. The van der Waals surface area contributed by atoms with E-state index in [4.69, 9.17) is 5.11 Å². The highest BCUT2D eigenvalue weighted by Crippen LogP contribution is 2.12. The van der Waals surface area contributed by atoms with Crippen LogP contribution < -0.4 is 10.9 Å². The maximum atomic E-state index is 11.5. The van der Waals surface area contributed by atoms with Gasteiger partial charge in [0.15, 0.2) is 0 Å². The van der Waals surface area contributed by atoms with Crippen molar-refractivity contribution in [3.05, 3.63) is 40.3 Å². The first-order valence-electron chi connectivity index (χ1n) is 5.52. The predicted molar refractivity (Wildman–Crippen MR) is 66.7 cm³/mol. The molecule has 19 heavy (non-hydrogen) atoms. The monoisotopic (exact) mass is 261 g/mol. The number of hydrogen-bond acceptors (Lipinski definition) is 4. The number of fused-ring (bicyclic) bond motifs is 1. The highest BCUT2D eigenvalue weighted by atomic mass is 16.4. The highest BCUT2D eigenvalue weighted by molar-refractivity contribution is 5.89. The van der Waals surface area contributed by atoms with Gasteiger partial charge < -0.3 is 10.4 Å². The molecule has 0 aliphatic heterocycles. The van der Waals surface area contributed by atoms with Crippen LogP contribution in [0.1, 0.15) is 5.69 Å². The van der Waals surface area contributed by atoms with Crippen molar-refractivity contribution in [2.24, 2.45) is 0 Å². The lowest BCUT2D eigenvalue weighted by Gasteiger charge is -2.04. The first-order chi connectivity index (χ1) is 9.08. The Morgan fingerprint density at radius 2 is 1.95 bits per heavy atom. The minimum atomic E-state index is -1.12. The van der Waals surface area contributed by atoms with Crippen molar-refractivity contribution >= 4 is 22.6 Å². The lowest BCUT2D eigenvalue weighted by Crippen LogP contribution is -2.31. The molecule has 0 unspecified atom stereocenters. The van der Waals surface area contributed by atoms with Gasteiger partial charge in [-0.3, -0.25) is 14.4 Å². The zero-order valence-corrected chi connectivity index (χ0v) is 9.84. The second kappa shape index (κ2) is 5.30. The molecule has 0 bridgehead atoms. The molecule has 0 radical (unpaired) electrons. The van der Waals surface area contributed by atoms with E-state index in [1.54, 1.807) is 24.3 Å². The molecule has 0 fully saturated rings. The Morgan fingerprint density at radius 1 is 1.26 bits per heavy atom. The molecule has 7 heteroatoms. The van der Waals surface area contributed by atoms with Gasteiger partial charge in [-0.05, 0) is 6.07 Å². The van der Waals surface area contributed by atoms with Gasteiger partial charge in [0.1, 0.15) is 6.54 Å². The fourth-order valence-electron chi connectivity index (χ4n) is 1.70. The van der Waals surface area contributed by atoms with Gasteiger partial charge in [-0.2, -0.15) is 5.10 Å². The summed E-state index contributed by atoms with van der Waals surface area (Å²) < 4.78 is 0.